The van der Waals surface area contributed by atoms with Gasteiger partial charge in [0, 0.05) is 42.9 Å². The van der Waals surface area contributed by atoms with Crippen molar-refractivity contribution in [1.82, 2.24) is 19.9 Å². The molecule has 4 rings (SSSR count). The molecule has 3 heterocycles. The fourth-order valence-corrected chi connectivity index (χ4v) is 3.67. The maximum Gasteiger partial charge on any atom is 0.409 e. The van der Waals surface area contributed by atoms with Gasteiger partial charge in [-0.2, -0.15) is 0 Å². The van der Waals surface area contributed by atoms with E-state index in [2.05, 4.69) is 20.3 Å². The highest BCUT2D eigenvalue weighted by Gasteiger charge is 2.31. The third-order valence-corrected chi connectivity index (χ3v) is 5.21. The molecule has 1 amide bonds. The highest BCUT2D eigenvalue weighted by atomic mass is 16.6. The van der Waals surface area contributed by atoms with Crippen LogP contribution in [0, 0.1) is 17.0 Å². The van der Waals surface area contributed by atoms with Gasteiger partial charge in [0.2, 0.25) is 11.6 Å². The van der Waals surface area contributed by atoms with Crippen LogP contribution in [0.5, 0.6) is 0 Å². The van der Waals surface area contributed by atoms with E-state index in [1.807, 2.05) is 37.3 Å². The van der Waals surface area contributed by atoms with Gasteiger partial charge < -0.3 is 19.9 Å². The second-order valence-corrected chi connectivity index (χ2v) is 7.27. The number of nitrogens with zero attached hydrogens (tertiary/aromatic N) is 6. The number of pyridine rings is 1. The lowest BCUT2D eigenvalue weighted by molar-refractivity contribution is -0.383. The van der Waals surface area contributed by atoms with Gasteiger partial charge in [-0.15, -0.1) is 0 Å². The number of anilines is 3. The van der Waals surface area contributed by atoms with E-state index in [1.165, 1.54) is 6.33 Å². The van der Waals surface area contributed by atoms with E-state index in [-0.39, 0.29) is 23.4 Å². The lowest BCUT2D eigenvalue weighted by atomic mass is 10.1. The Hall–Kier alpha value is -4.02. The molecule has 0 saturated carbocycles. The van der Waals surface area contributed by atoms with E-state index in [0.29, 0.717) is 38.5 Å². The van der Waals surface area contributed by atoms with Gasteiger partial charge in [-0.1, -0.05) is 6.07 Å². The Kier molecular flexibility index (Phi) is 5.97. The summed E-state index contributed by atoms with van der Waals surface area (Å²) in [4.78, 5) is 39.7. The van der Waals surface area contributed by atoms with Crippen molar-refractivity contribution >= 4 is 40.0 Å². The molecule has 1 N–H and O–H groups in total. The van der Waals surface area contributed by atoms with Crippen molar-refractivity contribution in [3.63, 3.8) is 0 Å². The molecule has 0 atom stereocenters. The molecular weight excluding hydrogens is 414 g/mol. The Labute approximate surface area is 184 Å². The number of nitrogens with one attached hydrogen (secondary N) is 1. The Morgan fingerprint density at radius 2 is 1.97 bits per heavy atom. The van der Waals surface area contributed by atoms with Gasteiger partial charge in [-0.3, -0.25) is 15.1 Å². The number of nitro groups is 1. The molecule has 11 nitrogen and oxygen atoms in total. The second-order valence-electron chi connectivity index (χ2n) is 7.27. The maximum atomic E-state index is 12.0. The average Bonchev–Trinajstić information content (AvgIpc) is 2.79. The third kappa shape index (κ3) is 4.22. The Bertz CT molecular complexity index is 1160. The quantitative estimate of drug-likeness (QED) is 0.472. The average molecular weight is 437 g/mol. The number of amides is 1. The largest absolute Gasteiger partial charge is 0.450 e. The number of aromatic nitrogens is 3. The molecule has 1 aliphatic rings. The highest BCUT2D eigenvalue weighted by Crippen LogP contribution is 2.35. The topological polar surface area (TPSA) is 127 Å². The monoisotopic (exact) mass is 437 g/mol. The summed E-state index contributed by atoms with van der Waals surface area (Å²) < 4.78 is 5.03. The lowest BCUT2D eigenvalue weighted by Gasteiger charge is -2.34. The third-order valence-electron chi connectivity index (χ3n) is 5.21. The predicted molar refractivity (Wildman–Crippen MR) is 119 cm³/mol. The fraction of sp³-hybridized carbons (Fsp3) is 0.333. The van der Waals surface area contributed by atoms with Gasteiger partial charge in [-0.05, 0) is 38.1 Å². The number of hydrogen-bond donors (Lipinski definition) is 1. The molecule has 0 unspecified atom stereocenters. The van der Waals surface area contributed by atoms with Crippen molar-refractivity contribution in [2.75, 3.05) is 43.0 Å². The van der Waals surface area contributed by atoms with Crippen LogP contribution in [0.4, 0.5) is 27.8 Å². The number of carbonyl (C=O) groups excluding carboxylic acids is 1. The SMILES string of the molecule is CCOC(=O)N1CCN(c2ncnc(Nc3cccc4nc(C)ccc34)c2[N+](=O)[O-])CC1. The molecule has 3 aromatic rings. The van der Waals surface area contributed by atoms with Crippen molar-refractivity contribution in [3.05, 3.63) is 52.5 Å². The number of rotatable bonds is 5. The van der Waals surface area contributed by atoms with E-state index < -0.39 is 4.92 Å². The van der Waals surface area contributed by atoms with Gasteiger partial charge in [0.05, 0.1) is 17.0 Å². The van der Waals surface area contributed by atoms with Crippen LogP contribution in [0.1, 0.15) is 12.6 Å². The van der Waals surface area contributed by atoms with Crippen molar-refractivity contribution in [1.29, 1.82) is 0 Å². The van der Waals surface area contributed by atoms with Crippen LogP contribution in [0.25, 0.3) is 10.9 Å². The number of aryl methyl sites for hydroxylation is 1. The second kappa shape index (κ2) is 9.00. The first-order chi connectivity index (χ1) is 15.5. The first-order valence-electron chi connectivity index (χ1n) is 10.3. The molecule has 2 aromatic heterocycles. The summed E-state index contributed by atoms with van der Waals surface area (Å²) in [5.41, 5.74) is 2.11. The van der Waals surface area contributed by atoms with Gasteiger partial charge in [0.25, 0.3) is 0 Å². The zero-order chi connectivity index (χ0) is 22.7. The Morgan fingerprint density at radius 1 is 1.19 bits per heavy atom. The number of fused-ring (bicyclic) bond motifs is 1. The van der Waals surface area contributed by atoms with Gasteiger partial charge >= 0.3 is 11.8 Å². The van der Waals surface area contributed by atoms with E-state index in [1.54, 1.807) is 16.7 Å². The molecular formula is C21H23N7O4. The molecule has 166 valence electrons. The molecule has 11 heteroatoms. The zero-order valence-corrected chi connectivity index (χ0v) is 17.8. The van der Waals surface area contributed by atoms with Gasteiger partial charge in [-0.25, -0.2) is 14.8 Å². The molecule has 1 aromatic carbocycles. The number of benzene rings is 1. The van der Waals surface area contributed by atoms with Gasteiger partial charge in [0.1, 0.15) is 6.33 Å². The summed E-state index contributed by atoms with van der Waals surface area (Å²) in [6.07, 6.45) is 0.919. The van der Waals surface area contributed by atoms with Crippen LogP contribution in [0.15, 0.2) is 36.7 Å². The van der Waals surface area contributed by atoms with Crippen LogP contribution < -0.4 is 10.2 Å². The van der Waals surface area contributed by atoms with Crippen molar-refractivity contribution < 1.29 is 14.5 Å². The first-order valence-corrected chi connectivity index (χ1v) is 10.3. The molecule has 1 saturated heterocycles. The van der Waals surface area contributed by atoms with Crippen molar-refractivity contribution in [2.24, 2.45) is 0 Å². The van der Waals surface area contributed by atoms with Crippen LogP contribution in [0.3, 0.4) is 0 Å². The number of hydrogen-bond acceptors (Lipinski definition) is 9. The van der Waals surface area contributed by atoms with Crippen LogP contribution in [0.2, 0.25) is 0 Å². The van der Waals surface area contributed by atoms with E-state index in [0.717, 1.165) is 16.6 Å². The summed E-state index contributed by atoms with van der Waals surface area (Å²) in [7, 11) is 0. The van der Waals surface area contributed by atoms with Crippen LogP contribution in [-0.4, -0.2) is 63.7 Å². The molecule has 32 heavy (non-hydrogen) atoms. The summed E-state index contributed by atoms with van der Waals surface area (Å²) in [6, 6.07) is 9.35. The predicted octanol–water partition coefficient (Wildman–Crippen LogP) is 3.26. The minimum absolute atomic E-state index is 0.0981. The molecule has 0 spiro atoms. The Morgan fingerprint density at radius 3 is 2.69 bits per heavy atom. The van der Waals surface area contributed by atoms with E-state index >= 15 is 0 Å². The maximum absolute atomic E-state index is 12.0. The molecule has 1 fully saturated rings. The normalized spacial score (nSPS) is 13.8. The fourth-order valence-electron chi connectivity index (χ4n) is 3.67. The number of ether oxygens (including phenoxy) is 1. The van der Waals surface area contributed by atoms with E-state index in [9.17, 15) is 14.9 Å². The summed E-state index contributed by atoms with van der Waals surface area (Å²) in [5, 5.41) is 15.9. The molecule has 0 bridgehead atoms. The Balaban J connectivity index is 1.63. The van der Waals surface area contributed by atoms with E-state index in [4.69, 9.17) is 4.74 Å². The number of piperazine rings is 1. The molecule has 0 aliphatic carbocycles. The summed E-state index contributed by atoms with van der Waals surface area (Å²) >= 11 is 0. The molecule has 1 aliphatic heterocycles. The van der Waals surface area contributed by atoms with Gasteiger partial charge in [0.15, 0.2) is 0 Å². The summed E-state index contributed by atoms with van der Waals surface area (Å²) in [6.45, 7) is 5.52. The lowest BCUT2D eigenvalue weighted by Crippen LogP contribution is -2.49. The van der Waals surface area contributed by atoms with Crippen LogP contribution >= 0.6 is 0 Å². The first kappa shape index (κ1) is 21.2. The zero-order valence-electron chi connectivity index (χ0n) is 17.8. The van der Waals surface area contributed by atoms with Crippen molar-refractivity contribution in [3.8, 4) is 0 Å². The smallest absolute Gasteiger partial charge is 0.409 e. The standard InChI is InChI=1S/C21H23N7O4/c1-3-32-21(29)27-11-9-26(10-12-27)20-18(28(30)31)19(22-13-23-20)25-17-6-4-5-16-15(17)8-7-14(2)24-16/h4-8,13H,3,9-12H2,1-2H3,(H,22,23,25). The minimum Gasteiger partial charge on any atom is -0.450 e. The number of carbonyl (C=O) groups is 1. The van der Waals surface area contributed by atoms with Crippen LogP contribution in [-0.2, 0) is 4.74 Å². The molecule has 0 radical (unpaired) electrons. The highest BCUT2D eigenvalue weighted by molar-refractivity contribution is 5.94. The van der Waals surface area contributed by atoms with Crippen molar-refractivity contribution in [2.45, 2.75) is 13.8 Å². The summed E-state index contributed by atoms with van der Waals surface area (Å²) in [5.74, 6) is 0.311. The minimum atomic E-state index is -0.483.